The predicted molar refractivity (Wildman–Crippen MR) is 58.1 cm³/mol. The van der Waals surface area contributed by atoms with Crippen LogP contribution in [-0.2, 0) is 12.3 Å². The maximum Gasteiger partial charge on any atom is 0.240 e. The fourth-order valence-corrected chi connectivity index (χ4v) is 1.49. The van der Waals surface area contributed by atoms with Crippen LogP contribution >= 0.6 is 11.8 Å². The molecular formula is C9H17N3OS. The van der Waals surface area contributed by atoms with Crippen LogP contribution in [-0.4, -0.2) is 22.4 Å². The van der Waals surface area contributed by atoms with Gasteiger partial charge in [-0.3, -0.25) is 0 Å². The van der Waals surface area contributed by atoms with E-state index >= 15 is 0 Å². The second kappa shape index (κ2) is 6.84. The number of thioether (sulfide) groups is 1. The Morgan fingerprint density at radius 3 is 3.00 bits per heavy atom. The van der Waals surface area contributed by atoms with Crippen molar-refractivity contribution in [2.45, 2.75) is 32.6 Å². The van der Waals surface area contributed by atoms with Gasteiger partial charge < -0.3 is 9.84 Å². The molecular weight excluding hydrogens is 198 g/mol. The normalized spacial score (nSPS) is 10.7. The molecule has 0 spiro atoms. The third-order valence-electron chi connectivity index (χ3n) is 1.65. The summed E-state index contributed by atoms with van der Waals surface area (Å²) in [5.74, 6) is 3.40. The molecule has 0 saturated heterocycles. The summed E-state index contributed by atoms with van der Waals surface area (Å²) >= 11 is 1.80. The second-order valence-electron chi connectivity index (χ2n) is 2.92. The molecule has 1 N–H and O–H groups in total. The van der Waals surface area contributed by atoms with Gasteiger partial charge in [0.15, 0.2) is 5.82 Å². The Labute approximate surface area is 88.8 Å². The molecule has 0 bridgehead atoms. The maximum absolute atomic E-state index is 5.07. The largest absolute Gasteiger partial charge is 0.338 e. The van der Waals surface area contributed by atoms with Crippen LogP contribution in [0.25, 0.3) is 0 Å². The molecule has 0 atom stereocenters. The average molecular weight is 215 g/mol. The summed E-state index contributed by atoms with van der Waals surface area (Å²) < 4.78 is 5.07. The van der Waals surface area contributed by atoms with E-state index in [9.17, 15) is 0 Å². The van der Waals surface area contributed by atoms with Gasteiger partial charge in [-0.15, -0.1) is 0 Å². The molecule has 0 amide bonds. The fourth-order valence-electron chi connectivity index (χ4n) is 0.986. The molecule has 0 aliphatic rings. The molecule has 0 fully saturated rings. The number of nitrogens with one attached hydrogen (secondary N) is 1. The minimum Gasteiger partial charge on any atom is -0.338 e. The molecule has 0 aliphatic heterocycles. The van der Waals surface area contributed by atoms with Crippen molar-refractivity contribution in [2.24, 2.45) is 0 Å². The van der Waals surface area contributed by atoms with Crippen LogP contribution < -0.4 is 5.32 Å². The van der Waals surface area contributed by atoms with Gasteiger partial charge in [0.2, 0.25) is 5.89 Å². The smallest absolute Gasteiger partial charge is 0.240 e. The van der Waals surface area contributed by atoms with Crippen molar-refractivity contribution < 1.29 is 4.52 Å². The lowest BCUT2D eigenvalue weighted by molar-refractivity contribution is 0.364. The van der Waals surface area contributed by atoms with Gasteiger partial charge in [-0.2, -0.15) is 16.7 Å². The first-order valence-electron chi connectivity index (χ1n) is 4.96. The quantitative estimate of drug-likeness (QED) is 0.703. The zero-order valence-electron chi connectivity index (χ0n) is 8.75. The van der Waals surface area contributed by atoms with Crippen LogP contribution in [0.15, 0.2) is 4.52 Å². The van der Waals surface area contributed by atoms with Gasteiger partial charge in [0.1, 0.15) is 0 Å². The molecule has 0 unspecified atom stereocenters. The molecule has 0 radical (unpaired) electrons. The molecule has 1 aromatic rings. The number of rotatable bonds is 7. The van der Waals surface area contributed by atoms with Crippen molar-refractivity contribution >= 4 is 11.8 Å². The standard InChI is InChI=1S/C9H17N3OS/c1-3-5-10-6-9-11-8(12-13-9)7-14-4-2/h10H,3-7H2,1-2H3. The van der Waals surface area contributed by atoms with Crippen LogP contribution in [0.3, 0.4) is 0 Å². The molecule has 0 aromatic carbocycles. The van der Waals surface area contributed by atoms with Crippen LogP contribution in [0.4, 0.5) is 0 Å². The molecule has 4 nitrogen and oxygen atoms in total. The topological polar surface area (TPSA) is 51.0 Å². The number of aromatic nitrogens is 2. The predicted octanol–water partition coefficient (Wildman–Crippen LogP) is 1.82. The van der Waals surface area contributed by atoms with E-state index in [1.54, 1.807) is 11.8 Å². The van der Waals surface area contributed by atoms with Crippen molar-refractivity contribution in [1.29, 1.82) is 0 Å². The molecule has 0 saturated carbocycles. The SMILES string of the molecule is CCCNCc1nc(CSCC)no1. The highest BCUT2D eigenvalue weighted by atomic mass is 32.2. The third-order valence-corrected chi connectivity index (χ3v) is 2.52. The highest BCUT2D eigenvalue weighted by Gasteiger charge is 2.04. The van der Waals surface area contributed by atoms with Crippen LogP contribution in [0.2, 0.25) is 0 Å². The lowest BCUT2D eigenvalue weighted by Gasteiger charge is -1.95. The van der Waals surface area contributed by atoms with Gasteiger partial charge in [0.05, 0.1) is 12.3 Å². The highest BCUT2D eigenvalue weighted by Crippen LogP contribution is 2.08. The first-order chi connectivity index (χ1) is 6.86. The Morgan fingerprint density at radius 2 is 2.29 bits per heavy atom. The van der Waals surface area contributed by atoms with Crippen molar-refractivity contribution in [3.8, 4) is 0 Å². The lowest BCUT2D eigenvalue weighted by atomic mass is 10.5. The van der Waals surface area contributed by atoms with Crippen molar-refractivity contribution in [3.05, 3.63) is 11.7 Å². The van der Waals surface area contributed by atoms with E-state index in [4.69, 9.17) is 4.52 Å². The lowest BCUT2D eigenvalue weighted by Crippen LogP contribution is -2.13. The third kappa shape index (κ3) is 4.11. The fraction of sp³-hybridized carbons (Fsp3) is 0.778. The Kier molecular flexibility index (Phi) is 5.63. The van der Waals surface area contributed by atoms with Gasteiger partial charge in [0.25, 0.3) is 0 Å². The van der Waals surface area contributed by atoms with Gasteiger partial charge in [-0.05, 0) is 18.7 Å². The number of hydrogen-bond acceptors (Lipinski definition) is 5. The van der Waals surface area contributed by atoms with E-state index in [0.717, 1.165) is 30.3 Å². The zero-order valence-corrected chi connectivity index (χ0v) is 9.56. The summed E-state index contributed by atoms with van der Waals surface area (Å²) in [5.41, 5.74) is 0. The Bertz CT molecular complexity index is 252. The van der Waals surface area contributed by atoms with Crippen molar-refractivity contribution in [3.63, 3.8) is 0 Å². The Morgan fingerprint density at radius 1 is 1.43 bits per heavy atom. The van der Waals surface area contributed by atoms with Crippen LogP contribution in [0, 0.1) is 0 Å². The average Bonchev–Trinajstić information content (AvgIpc) is 2.63. The van der Waals surface area contributed by atoms with E-state index in [1.807, 2.05) is 0 Å². The van der Waals surface area contributed by atoms with Crippen molar-refractivity contribution in [1.82, 2.24) is 15.5 Å². The van der Waals surface area contributed by atoms with Crippen molar-refractivity contribution in [2.75, 3.05) is 12.3 Å². The minimum absolute atomic E-state index is 0.678. The number of hydrogen-bond donors (Lipinski definition) is 1. The molecule has 80 valence electrons. The van der Waals surface area contributed by atoms with Gasteiger partial charge in [0, 0.05) is 0 Å². The highest BCUT2D eigenvalue weighted by molar-refractivity contribution is 7.98. The first kappa shape index (κ1) is 11.5. The monoisotopic (exact) mass is 215 g/mol. The summed E-state index contributed by atoms with van der Waals surface area (Å²) in [5, 5.41) is 7.10. The van der Waals surface area contributed by atoms with Crippen LogP contribution in [0.1, 0.15) is 32.0 Å². The van der Waals surface area contributed by atoms with Gasteiger partial charge in [-0.25, -0.2) is 0 Å². The Balaban J connectivity index is 2.27. The molecule has 0 aliphatic carbocycles. The number of nitrogens with zero attached hydrogens (tertiary/aromatic N) is 2. The molecule has 1 rings (SSSR count). The molecule has 1 heterocycles. The summed E-state index contributed by atoms with van der Waals surface area (Å²) in [4.78, 5) is 4.26. The second-order valence-corrected chi connectivity index (χ2v) is 4.19. The first-order valence-corrected chi connectivity index (χ1v) is 6.12. The zero-order chi connectivity index (χ0) is 10.2. The van der Waals surface area contributed by atoms with Gasteiger partial charge in [-0.1, -0.05) is 19.0 Å². The maximum atomic E-state index is 5.07. The summed E-state index contributed by atoms with van der Waals surface area (Å²) in [7, 11) is 0. The van der Waals surface area contributed by atoms with Crippen LogP contribution in [0.5, 0.6) is 0 Å². The van der Waals surface area contributed by atoms with E-state index in [-0.39, 0.29) is 0 Å². The van der Waals surface area contributed by atoms with E-state index in [1.165, 1.54) is 0 Å². The summed E-state index contributed by atoms with van der Waals surface area (Å²) in [6, 6.07) is 0. The van der Waals surface area contributed by atoms with E-state index in [0.29, 0.717) is 12.4 Å². The van der Waals surface area contributed by atoms with E-state index in [2.05, 4.69) is 29.3 Å². The summed E-state index contributed by atoms with van der Waals surface area (Å²) in [6.07, 6.45) is 1.12. The minimum atomic E-state index is 0.678. The molecule has 5 heteroatoms. The Hall–Kier alpha value is -0.550. The van der Waals surface area contributed by atoms with E-state index < -0.39 is 0 Å². The van der Waals surface area contributed by atoms with Gasteiger partial charge >= 0.3 is 0 Å². The summed E-state index contributed by atoms with van der Waals surface area (Å²) in [6.45, 7) is 5.91. The molecule has 14 heavy (non-hydrogen) atoms. The molecule has 1 aromatic heterocycles.